The Hall–Kier alpha value is 0.280. The van der Waals surface area contributed by atoms with Crippen molar-refractivity contribution in [1.82, 2.24) is 0 Å². The fourth-order valence-corrected chi connectivity index (χ4v) is 5.32. The fourth-order valence-electron chi connectivity index (χ4n) is 4.05. The zero-order chi connectivity index (χ0) is 12.8. The largest absolute Gasteiger partial charge is 0.0922 e. The van der Waals surface area contributed by atoms with Crippen molar-refractivity contribution in [2.75, 3.05) is 5.33 Å². The summed E-state index contributed by atoms with van der Waals surface area (Å²) in [5, 5.41) is 2.52. The van der Waals surface area contributed by atoms with E-state index in [-0.39, 0.29) is 0 Å². The Bertz CT molecular complexity index is 460. The summed E-state index contributed by atoms with van der Waals surface area (Å²) in [5.41, 5.74) is 1.63. The first-order chi connectivity index (χ1) is 8.64. The predicted octanol–water partition coefficient (Wildman–Crippen LogP) is 5.74. The van der Waals surface area contributed by atoms with E-state index >= 15 is 0 Å². The third-order valence-electron chi connectivity index (χ3n) is 4.94. The normalized spacial score (nSPS) is 34.2. The number of halogens is 3. The molecule has 1 aromatic carbocycles. The van der Waals surface area contributed by atoms with Gasteiger partial charge in [-0.25, -0.2) is 0 Å². The van der Waals surface area contributed by atoms with Crippen molar-refractivity contribution in [3.05, 3.63) is 33.8 Å². The SMILES string of the molecule is Clc1cccc(CC2(CBr)CC3CCC2C3)c1Cl. The molecule has 98 valence electrons. The van der Waals surface area contributed by atoms with Crippen molar-refractivity contribution in [3.8, 4) is 0 Å². The van der Waals surface area contributed by atoms with Crippen LogP contribution in [0.25, 0.3) is 0 Å². The summed E-state index contributed by atoms with van der Waals surface area (Å²) in [4.78, 5) is 0. The van der Waals surface area contributed by atoms with Crippen molar-refractivity contribution in [1.29, 1.82) is 0 Å². The van der Waals surface area contributed by atoms with Gasteiger partial charge in [-0.15, -0.1) is 0 Å². The van der Waals surface area contributed by atoms with Gasteiger partial charge in [-0.2, -0.15) is 0 Å². The van der Waals surface area contributed by atoms with E-state index in [9.17, 15) is 0 Å². The molecule has 0 amide bonds. The molecule has 2 fully saturated rings. The predicted molar refractivity (Wildman–Crippen MR) is 81.8 cm³/mol. The second kappa shape index (κ2) is 5.00. The maximum atomic E-state index is 6.35. The molecule has 2 aliphatic rings. The first kappa shape index (κ1) is 13.3. The molecule has 3 heteroatoms. The molecule has 2 aliphatic carbocycles. The lowest BCUT2D eigenvalue weighted by Crippen LogP contribution is -2.32. The molecule has 0 nitrogen and oxygen atoms in total. The molecule has 0 saturated heterocycles. The summed E-state index contributed by atoms with van der Waals surface area (Å²) in [6.45, 7) is 0. The molecule has 0 N–H and O–H groups in total. The Balaban J connectivity index is 1.88. The van der Waals surface area contributed by atoms with Crippen molar-refractivity contribution in [3.63, 3.8) is 0 Å². The fraction of sp³-hybridized carbons (Fsp3) is 0.600. The Morgan fingerprint density at radius 2 is 2.11 bits per heavy atom. The molecule has 3 atom stereocenters. The Morgan fingerprint density at radius 3 is 2.72 bits per heavy atom. The van der Waals surface area contributed by atoms with E-state index in [4.69, 9.17) is 23.2 Å². The molecule has 0 heterocycles. The van der Waals surface area contributed by atoms with Crippen LogP contribution in [-0.2, 0) is 6.42 Å². The number of benzene rings is 1. The highest BCUT2D eigenvalue weighted by molar-refractivity contribution is 9.09. The zero-order valence-electron chi connectivity index (χ0n) is 10.3. The lowest BCUT2D eigenvalue weighted by Gasteiger charge is -2.36. The Labute approximate surface area is 127 Å². The maximum absolute atomic E-state index is 6.35. The van der Waals surface area contributed by atoms with Crippen LogP contribution in [0, 0.1) is 17.3 Å². The van der Waals surface area contributed by atoms with Crippen molar-refractivity contribution in [2.45, 2.75) is 32.1 Å². The minimum absolute atomic E-state index is 0.414. The second-order valence-electron chi connectivity index (χ2n) is 5.97. The van der Waals surface area contributed by atoms with Crippen LogP contribution < -0.4 is 0 Å². The van der Waals surface area contributed by atoms with E-state index in [2.05, 4.69) is 22.0 Å². The molecule has 1 aromatic rings. The van der Waals surface area contributed by atoms with Gasteiger partial charge in [0, 0.05) is 5.33 Å². The van der Waals surface area contributed by atoms with E-state index in [1.165, 1.54) is 31.2 Å². The van der Waals surface area contributed by atoms with E-state index in [1.807, 2.05) is 12.1 Å². The summed E-state index contributed by atoms with van der Waals surface area (Å²) in [6, 6.07) is 6.01. The second-order valence-corrected chi connectivity index (χ2v) is 7.31. The number of alkyl halides is 1. The van der Waals surface area contributed by atoms with Crippen LogP contribution in [0.3, 0.4) is 0 Å². The first-order valence-electron chi connectivity index (χ1n) is 6.63. The van der Waals surface area contributed by atoms with E-state index in [0.717, 1.165) is 28.6 Å². The van der Waals surface area contributed by atoms with E-state index < -0.39 is 0 Å². The van der Waals surface area contributed by atoms with Crippen LogP contribution in [0.2, 0.25) is 10.0 Å². The van der Waals surface area contributed by atoms with Gasteiger partial charge in [0.05, 0.1) is 10.0 Å². The smallest absolute Gasteiger partial charge is 0.0624 e. The Kier molecular flexibility index (Phi) is 3.68. The monoisotopic (exact) mass is 346 g/mol. The standard InChI is InChI=1S/C15H17BrCl2/c16-9-15(7-10-4-5-12(15)6-10)8-11-2-1-3-13(17)14(11)18/h1-3,10,12H,4-9H2. The van der Waals surface area contributed by atoms with Gasteiger partial charge in [0.15, 0.2) is 0 Å². The molecule has 0 aromatic heterocycles. The van der Waals surface area contributed by atoms with Crippen LogP contribution in [0.4, 0.5) is 0 Å². The van der Waals surface area contributed by atoms with Gasteiger partial charge in [0.1, 0.15) is 0 Å². The van der Waals surface area contributed by atoms with E-state index in [1.54, 1.807) is 0 Å². The minimum atomic E-state index is 0.414. The van der Waals surface area contributed by atoms with E-state index in [0.29, 0.717) is 10.4 Å². The summed E-state index contributed by atoms with van der Waals surface area (Å²) in [6.07, 6.45) is 6.67. The minimum Gasteiger partial charge on any atom is -0.0922 e. The average Bonchev–Trinajstić information content (AvgIpc) is 2.96. The molecule has 0 radical (unpaired) electrons. The lowest BCUT2D eigenvalue weighted by molar-refractivity contribution is 0.197. The zero-order valence-corrected chi connectivity index (χ0v) is 13.4. The van der Waals surface area contributed by atoms with Crippen LogP contribution in [-0.4, -0.2) is 5.33 Å². The summed E-state index contributed by atoms with van der Waals surface area (Å²) in [7, 11) is 0. The topological polar surface area (TPSA) is 0 Å². The first-order valence-corrected chi connectivity index (χ1v) is 8.51. The quantitative estimate of drug-likeness (QED) is 0.612. The van der Waals surface area contributed by atoms with Crippen molar-refractivity contribution >= 4 is 39.1 Å². The van der Waals surface area contributed by atoms with Crippen molar-refractivity contribution < 1.29 is 0 Å². The van der Waals surface area contributed by atoms with Crippen LogP contribution in [0.1, 0.15) is 31.2 Å². The van der Waals surface area contributed by atoms with Gasteiger partial charge in [0.25, 0.3) is 0 Å². The summed E-state index contributed by atoms with van der Waals surface area (Å²) < 4.78 is 0. The van der Waals surface area contributed by atoms with Gasteiger partial charge < -0.3 is 0 Å². The highest BCUT2D eigenvalue weighted by Gasteiger charge is 2.50. The molecule has 3 unspecified atom stereocenters. The summed E-state index contributed by atoms with van der Waals surface area (Å²) >= 11 is 16.2. The van der Waals surface area contributed by atoms with Crippen LogP contribution in [0.5, 0.6) is 0 Å². The molecule has 0 aliphatic heterocycles. The molecule has 0 spiro atoms. The molecule has 3 rings (SSSR count). The molecular formula is C15H17BrCl2. The third kappa shape index (κ3) is 2.13. The van der Waals surface area contributed by atoms with Gasteiger partial charge in [-0.3, -0.25) is 0 Å². The highest BCUT2D eigenvalue weighted by Crippen LogP contribution is 2.58. The highest BCUT2D eigenvalue weighted by atomic mass is 79.9. The molecule has 2 saturated carbocycles. The van der Waals surface area contributed by atoms with Gasteiger partial charge in [-0.1, -0.05) is 57.7 Å². The average molecular weight is 348 g/mol. The number of hydrogen-bond acceptors (Lipinski definition) is 0. The summed E-state index contributed by atoms with van der Waals surface area (Å²) in [5.74, 6) is 1.82. The van der Waals surface area contributed by atoms with Crippen LogP contribution >= 0.6 is 39.1 Å². The number of rotatable bonds is 3. The number of hydrogen-bond donors (Lipinski definition) is 0. The van der Waals surface area contributed by atoms with Crippen molar-refractivity contribution in [2.24, 2.45) is 17.3 Å². The lowest BCUT2D eigenvalue weighted by atomic mass is 9.71. The molecule has 18 heavy (non-hydrogen) atoms. The molecular weight excluding hydrogens is 331 g/mol. The maximum Gasteiger partial charge on any atom is 0.0624 e. The van der Waals surface area contributed by atoms with Gasteiger partial charge >= 0.3 is 0 Å². The third-order valence-corrected chi connectivity index (χ3v) is 6.92. The van der Waals surface area contributed by atoms with Gasteiger partial charge in [-0.05, 0) is 54.6 Å². The Morgan fingerprint density at radius 1 is 1.28 bits per heavy atom. The number of fused-ring (bicyclic) bond motifs is 2. The van der Waals surface area contributed by atoms with Crippen LogP contribution in [0.15, 0.2) is 18.2 Å². The van der Waals surface area contributed by atoms with Gasteiger partial charge in [0.2, 0.25) is 0 Å². The molecule has 2 bridgehead atoms.